The summed E-state index contributed by atoms with van der Waals surface area (Å²) in [6, 6.07) is 7.75. The van der Waals surface area contributed by atoms with Gasteiger partial charge >= 0.3 is 0 Å². The van der Waals surface area contributed by atoms with Crippen molar-refractivity contribution in [2.75, 3.05) is 33.8 Å². The number of rotatable bonds is 7. The van der Waals surface area contributed by atoms with Gasteiger partial charge in [0.1, 0.15) is 5.75 Å². The second-order valence-corrected chi connectivity index (χ2v) is 7.14. The van der Waals surface area contributed by atoms with Crippen LogP contribution in [0.3, 0.4) is 0 Å². The van der Waals surface area contributed by atoms with Crippen molar-refractivity contribution < 1.29 is 14.3 Å². The second kappa shape index (κ2) is 8.71. The Bertz CT molecular complexity index is 562. The lowest BCUT2D eigenvalue weighted by molar-refractivity contribution is -0.140. The first-order valence-corrected chi connectivity index (χ1v) is 8.37. The standard InChI is InChI=1S/C19H30N2O3/c1-7-12-21(13-17(22)20(5)6)18(23)14-24-16-11-9-8-10-15(16)19(2,3)4/h8-11H,7,12-14H2,1-6H3. The van der Waals surface area contributed by atoms with Crippen molar-refractivity contribution in [2.24, 2.45) is 0 Å². The van der Waals surface area contributed by atoms with Gasteiger partial charge in [-0.15, -0.1) is 0 Å². The van der Waals surface area contributed by atoms with Gasteiger partial charge in [0.05, 0.1) is 6.54 Å². The summed E-state index contributed by atoms with van der Waals surface area (Å²) in [6.07, 6.45) is 0.797. The number of likely N-dealkylation sites (N-methyl/N-ethyl adjacent to an activating group) is 1. The maximum absolute atomic E-state index is 12.5. The molecule has 24 heavy (non-hydrogen) atoms. The van der Waals surface area contributed by atoms with Crippen LogP contribution in [0, 0.1) is 0 Å². The van der Waals surface area contributed by atoms with E-state index in [2.05, 4.69) is 20.8 Å². The number of carbonyl (C=O) groups is 2. The summed E-state index contributed by atoms with van der Waals surface area (Å²) in [5, 5.41) is 0. The zero-order chi connectivity index (χ0) is 18.3. The molecule has 0 aliphatic rings. The van der Waals surface area contributed by atoms with Gasteiger partial charge in [-0.3, -0.25) is 9.59 Å². The molecule has 0 radical (unpaired) electrons. The molecule has 0 unspecified atom stereocenters. The van der Waals surface area contributed by atoms with Crippen LogP contribution >= 0.6 is 0 Å². The van der Waals surface area contributed by atoms with Gasteiger partial charge in [0.25, 0.3) is 5.91 Å². The molecule has 134 valence electrons. The van der Waals surface area contributed by atoms with Crippen LogP contribution in [0.25, 0.3) is 0 Å². The fourth-order valence-electron chi connectivity index (χ4n) is 2.31. The monoisotopic (exact) mass is 334 g/mol. The summed E-state index contributed by atoms with van der Waals surface area (Å²) < 4.78 is 5.78. The van der Waals surface area contributed by atoms with E-state index in [0.717, 1.165) is 12.0 Å². The first-order valence-electron chi connectivity index (χ1n) is 8.37. The predicted octanol–water partition coefficient (Wildman–Crippen LogP) is 2.69. The van der Waals surface area contributed by atoms with E-state index in [1.54, 1.807) is 19.0 Å². The van der Waals surface area contributed by atoms with Crippen LogP contribution in [0.1, 0.15) is 39.7 Å². The molecule has 0 aliphatic carbocycles. The Labute approximate surface area is 145 Å². The molecule has 0 heterocycles. The van der Waals surface area contributed by atoms with Crippen LogP contribution in [0.15, 0.2) is 24.3 Å². The predicted molar refractivity (Wildman–Crippen MR) is 96.2 cm³/mol. The van der Waals surface area contributed by atoms with E-state index in [-0.39, 0.29) is 30.4 Å². The average molecular weight is 334 g/mol. The quantitative estimate of drug-likeness (QED) is 0.770. The Kier molecular flexibility index (Phi) is 7.26. The van der Waals surface area contributed by atoms with E-state index in [9.17, 15) is 9.59 Å². The lowest BCUT2D eigenvalue weighted by atomic mass is 9.86. The smallest absolute Gasteiger partial charge is 0.260 e. The molecule has 0 spiro atoms. The number of ether oxygens (including phenoxy) is 1. The third-order valence-electron chi connectivity index (χ3n) is 3.72. The van der Waals surface area contributed by atoms with Gasteiger partial charge in [0.2, 0.25) is 5.91 Å². The van der Waals surface area contributed by atoms with Gasteiger partial charge in [0.15, 0.2) is 6.61 Å². The van der Waals surface area contributed by atoms with Crippen LogP contribution < -0.4 is 4.74 Å². The Morgan fingerprint density at radius 3 is 2.25 bits per heavy atom. The summed E-state index contributed by atoms with van der Waals surface area (Å²) in [5.74, 6) is 0.455. The maximum Gasteiger partial charge on any atom is 0.260 e. The van der Waals surface area contributed by atoms with E-state index in [1.807, 2.05) is 31.2 Å². The number of amides is 2. The minimum atomic E-state index is -0.171. The van der Waals surface area contributed by atoms with E-state index in [4.69, 9.17) is 4.74 Å². The lowest BCUT2D eigenvalue weighted by Gasteiger charge is -2.25. The highest BCUT2D eigenvalue weighted by atomic mass is 16.5. The van der Waals surface area contributed by atoms with Crippen LogP contribution in [0.5, 0.6) is 5.75 Å². The summed E-state index contributed by atoms with van der Waals surface area (Å²) in [4.78, 5) is 27.4. The van der Waals surface area contributed by atoms with Crippen molar-refractivity contribution in [2.45, 2.75) is 39.5 Å². The Hall–Kier alpha value is -2.04. The summed E-state index contributed by atoms with van der Waals surface area (Å²) in [5.41, 5.74) is 0.994. The zero-order valence-corrected chi connectivity index (χ0v) is 15.8. The van der Waals surface area contributed by atoms with Crippen molar-refractivity contribution in [3.05, 3.63) is 29.8 Å². The Balaban J connectivity index is 2.78. The van der Waals surface area contributed by atoms with E-state index in [0.29, 0.717) is 12.3 Å². The number of para-hydroxylation sites is 1. The largest absolute Gasteiger partial charge is 0.483 e. The minimum Gasteiger partial charge on any atom is -0.483 e. The topological polar surface area (TPSA) is 49.9 Å². The molecular weight excluding hydrogens is 304 g/mol. The van der Waals surface area contributed by atoms with Crippen LogP contribution in [0.4, 0.5) is 0 Å². The molecule has 0 aliphatic heterocycles. The highest BCUT2D eigenvalue weighted by Gasteiger charge is 2.21. The van der Waals surface area contributed by atoms with Gasteiger partial charge in [-0.05, 0) is 23.5 Å². The van der Waals surface area contributed by atoms with Gasteiger partial charge in [-0.25, -0.2) is 0 Å². The van der Waals surface area contributed by atoms with Crippen molar-refractivity contribution in [3.63, 3.8) is 0 Å². The highest BCUT2D eigenvalue weighted by molar-refractivity contribution is 5.85. The lowest BCUT2D eigenvalue weighted by Crippen LogP contribution is -2.42. The normalized spacial score (nSPS) is 11.1. The first-order chi connectivity index (χ1) is 11.2. The third kappa shape index (κ3) is 5.87. The molecule has 0 fully saturated rings. The van der Waals surface area contributed by atoms with Crippen LogP contribution in [-0.2, 0) is 15.0 Å². The molecule has 0 saturated carbocycles. The van der Waals surface area contributed by atoms with Gasteiger partial charge < -0.3 is 14.5 Å². The number of nitrogens with zero attached hydrogens (tertiary/aromatic N) is 2. The molecule has 2 amide bonds. The van der Waals surface area contributed by atoms with Crippen molar-refractivity contribution in [1.29, 1.82) is 0 Å². The van der Waals surface area contributed by atoms with Crippen LogP contribution in [-0.4, -0.2) is 55.4 Å². The zero-order valence-electron chi connectivity index (χ0n) is 15.8. The number of hydrogen-bond acceptors (Lipinski definition) is 3. The Morgan fingerprint density at radius 1 is 1.08 bits per heavy atom. The van der Waals surface area contributed by atoms with Gasteiger partial charge in [-0.2, -0.15) is 0 Å². The molecule has 0 bridgehead atoms. The van der Waals surface area contributed by atoms with Gasteiger partial charge in [0, 0.05) is 20.6 Å². The Morgan fingerprint density at radius 2 is 1.71 bits per heavy atom. The number of carbonyl (C=O) groups excluding carboxylic acids is 2. The maximum atomic E-state index is 12.5. The fraction of sp³-hybridized carbons (Fsp3) is 0.579. The third-order valence-corrected chi connectivity index (χ3v) is 3.72. The molecule has 0 saturated heterocycles. The molecule has 1 rings (SSSR count). The first kappa shape index (κ1) is 20.0. The number of benzene rings is 1. The fourth-order valence-corrected chi connectivity index (χ4v) is 2.31. The van der Waals surface area contributed by atoms with Crippen molar-refractivity contribution in [1.82, 2.24) is 9.80 Å². The summed E-state index contributed by atoms with van der Waals surface area (Å²) >= 11 is 0. The molecule has 1 aromatic carbocycles. The van der Waals surface area contributed by atoms with E-state index >= 15 is 0 Å². The second-order valence-electron chi connectivity index (χ2n) is 7.14. The molecule has 5 nitrogen and oxygen atoms in total. The number of hydrogen-bond donors (Lipinski definition) is 0. The molecule has 5 heteroatoms. The van der Waals surface area contributed by atoms with Gasteiger partial charge in [-0.1, -0.05) is 45.9 Å². The van der Waals surface area contributed by atoms with E-state index < -0.39 is 0 Å². The van der Waals surface area contributed by atoms with E-state index in [1.165, 1.54) is 4.90 Å². The van der Waals surface area contributed by atoms with Crippen LogP contribution in [0.2, 0.25) is 0 Å². The highest BCUT2D eigenvalue weighted by Crippen LogP contribution is 2.30. The molecule has 0 atom stereocenters. The average Bonchev–Trinajstić information content (AvgIpc) is 2.51. The molecular formula is C19H30N2O3. The molecule has 1 aromatic rings. The SMILES string of the molecule is CCCN(CC(=O)N(C)C)C(=O)COc1ccccc1C(C)(C)C. The summed E-state index contributed by atoms with van der Waals surface area (Å²) in [6.45, 7) is 8.87. The van der Waals surface area contributed by atoms with Crippen molar-refractivity contribution in [3.8, 4) is 5.75 Å². The minimum absolute atomic E-state index is 0.0617. The summed E-state index contributed by atoms with van der Waals surface area (Å²) in [7, 11) is 3.38. The molecule has 0 aromatic heterocycles. The molecule has 0 N–H and O–H groups in total. The van der Waals surface area contributed by atoms with Crippen molar-refractivity contribution >= 4 is 11.8 Å².